The SMILES string of the molecule is [C-]#[N+]NC(=NCc1ccc(-c2scnc2C)cc1)[C@@H]1C[C@@H](S)CN1C(=O)[C@H](C(C)C)N1Cc2ccccc2C1=O. The first-order valence-corrected chi connectivity index (χ1v) is 14.7. The van der Waals surface area contributed by atoms with E-state index in [9.17, 15) is 9.59 Å². The van der Waals surface area contributed by atoms with Gasteiger partial charge in [-0.25, -0.2) is 4.98 Å². The number of hydrogen-bond donors (Lipinski definition) is 2. The molecule has 2 aliphatic heterocycles. The summed E-state index contributed by atoms with van der Waals surface area (Å²) in [7, 11) is 0. The maximum absolute atomic E-state index is 14.1. The normalized spacial score (nSPS) is 19.6. The van der Waals surface area contributed by atoms with Crippen LogP contribution in [-0.2, 0) is 17.9 Å². The van der Waals surface area contributed by atoms with Gasteiger partial charge in [0.05, 0.1) is 28.7 Å². The first-order valence-electron chi connectivity index (χ1n) is 13.3. The summed E-state index contributed by atoms with van der Waals surface area (Å²) in [5, 5.41) is -0.0621. The highest BCUT2D eigenvalue weighted by molar-refractivity contribution is 7.81. The van der Waals surface area contributed by atoms with Crippen LogP contribution in [0.4, 0.5) is 0 Å². The largest absolute Gasteiger partial charge is 0.329 e. The summed E-state index contributed by atoms with van der Waals surface area (Å²) >= 11 is 6.32. The van der Waals surface area contributed by atoms with Gasteiger partial charge in [-0.3, -0.25) is 14.6 Å². The number of thiol groups is 1. The number of aliphatic imine (C=N–C) groups is 1. The topological polar surface area (TPSA) is 82.3 Å². The molecule has 3 heterocycles. The molecule has 3 atom stereocenters. The molecule has 2 aliphatic rings. The van der Waals surface area contributed by atoms with Crippen molar-refractivity contribution in [3.63, 3.8) is 0 Å². The fourth-order valence-electron chi connectivity index (χ4n) is 5.56. The number of nitrogens with one attached hydrogen (secondary N) is 1. The molecule has 1 fully saturated rings. The third-order valence-electron chi connectivity index (χ3n) is 7.51. The highest BCUT2D eigenvalue weighted by Gasteiger charge is 2.45. The number of carbonyl (C=O) groups excluding carboxylic acids is 2. The van der Waals surface area contributed by atoms with Crippen molar-refractivity contribution in [2.24, 2.45) is 10.9 Å². The van der Waals surface area contributed by atoms with Gasteiger partial charge in [-0.15, -0.1) is 11.3 Å². The first-order chi connectivity index (χ1) is 19.3. The zero-order valence-corrected chi connectivity index (χ0v) is 24.5. The summed E-state index contributed by atoms with van der Waals surface area (Å²) in [6, 6.07) is 14.6. The number of fused-ring (bicyclic) bond motifs is 1. The Hall–Kier alpha value is -3.68. The van der Waals surface area contributed by atoms with E-state index >= 15 is 0 Å². The van der Waals surface area contributed by atoms with Gasteiger partial charge < -0.3 is 9.80 Å². The summed E-state index contributed by atoms with van der Waals surface area (Å²) in [5.74, 6) is 0.0912. The number of carbonyl (C=O) groups is 2. The molecule has 2 aromatic carbocycles. The number of likely N-dealkylation sites (tertiary alicyclic amines) is 1. The van der Waals surface area contributed by atoms with Gasteiger partial charge in [0.15, 0.2) is 5.84 Å². The number of amides is 2. The van der Waals surface area contributed by atoms with E-state index in [2.05, 4.69) is 27.5 Å². The highest BCUT2D eigenvalue weighted by Crippen LogP contribution is 2.31. The maximum atomic E-state index is 14.1. The zero-order chi connectivity index (χ0) is 28.4. The number of hydrogen-bond acceptors (Lipinski definition) is 6. The molecule has 5 rings (SSSR count). The van der Waals surface area contributed by atoms with Crippen molar-refractivity contribution in [1.29, 1.82) is 0 Å². The second kappa shape index (κ2) is 11.8. The summed E-state index contributed by atoms with van der Waals surface area (Å²) in [4.78, 5) is 44.5. The fraction of sp³-hybridized carbons (Fsp3) is 0.367. The lowest BCUT2D eigenvalue weighted by molar-refractivity contribution is -0.137. The molecule has 1 N–H and O–H groups in total. The number of benzene rings is 2. The minimum absolute atomic E-state index is 0.0621. The summed E-state index contributed by atoms with van der Waals surface area (Å²) in [5.41, 5.74) is 9.27. The second-order valence-corrected chi connectivity index (χ2v) is 12.1. The predicted octanol–water partition coefficient (Wildman–Crippen LogP) is 5.02. The second-order valence-electron chi connectivity index (χ2n) is 10.6. The Morgan fingerprint density at radius 3 is 2.65 bits per heavy atom. The van der Waals surface area contributed by atoms with E-state index in [-0.39, 0.29) is 23.0 Å². The molecule has 0 saturated carbocycles. The summed E-state index contributed by atoms with van der Waals surface area (Å²) in [6.07, 6.45) is 0.568. The highest BCUT2D eigenvalue weighted by atomic mass is 32.1. The van der Waals surface area contributed by atoms with Gasteiger partial charge in [0.2, 0.25) is 5.91 Å². The van der Waals surface area contributed by atoms with E-state index < -0.39 is 12.1 Å². The quantitative estimate of drug-likeness (QED) is 0.137. The van der Waals surface area contributed by atoms with Crippen LogP contribution < -0.4 is 5.43 Å². The van der Waals surface area contributed by atoms with E-state index in [0.717, 1.165) is 27.3 Å². The number of aryl methyl sites for hydroxylation is 1. The lowest BCUT2D eigenvalue weighted by atomic mass is 10.00. The average molecular weight is 573 g/mol. The van der Waals surface area contributed by atoms with E-state index in [4.69, 9.17) is 24.2 Å². The number of rotatable bonds is 7. The molecule has 0 bridgehead atoms. The van der Waals surface area contributed by atoms with Crippen molar-refractivity contribution in [3.05, 3.63) is 88.0 Å². The number of aromatic nitrogens is 1. The molecule has 0 spiro atoms. The molecule has 1 saturated heterocycles. The molecule has 0 aliphatic carbocycles. The minimum Gasteiger partial charge on any atom is -0.329 e. The van der Waals surface area contributed by atoms with Crippen LogP contribution in [0.2, 0.25) is 0 Å². The lowest BCUT2D eigenvalue weighted by Gasteiger charge is -2.35. The van der Waals surface area contributed by atoms with Crippen LogP contribution in [0.25, 0.3) is 15.4 Å². The van der Waals surface area contributed by atoms with Crippen molar-refractivity contribution in [2.75, 3.05) is 6.54 Å². The summed E-state index contributed by atoms with van der Waals surface area (Å²) < 4.78 is 0. The van der Waals surface area contributed by atoms with Crippen LogP contribution in [-0.4, -0.2) is 56.3 Å². The monoisotopic (exact) mass is 572 g/mol. The van der Waals surface area contributed by atoms with E-state index in [0.29, 0.717) is 37.5 Å². The Morgan fingerprint density at radius 2 is 2.00 bits per heavy atom. The lowest BCUT2D eigenvalue weighted by Crippen LogP contribution is -2.55. The van der Waals surface area contributed by atoms with Gasteiger partial charge in [0.25, 0.3) is 5.91 Å². The number of thiazole rings is 1. The number of amidine groups is 1. The molecule has 40 heavy (non-hydrogen) atoms. The molecule has 8 nitrogen and oxygen atoms in total. The Labute approximate surface area is 244 Å². The molecular formula is C30H32N6O2S2. The van der Waals surface area contributed by atoms with Gasteiger partial charge in [-0.2, -0.15) is 24.2 Å². The Bertz CT molecular complexity index is 1480. The Morgan fingerprint density at radius 1 is 1.25 bits per heavy atom. The zero-order valence-electron chi connectivity index (χ0n) is 22.7. The van der Waals surface area contributed by atoms with Gasteiger partial charge in [-0.05, 0) is 42.0 Å². The van der Waals surface area contributed by atoms with Gasteiger partial charge >= 0.3 is 0 Å². The van der Waals surface area contributed by atoms with Crippen LogP contribution in [0.1, 0.15) is 47.4 Å². The van der Waals surface area contributed by atoms with Crippen molar-refractivity contribution >= 4 is 41.6 Å². The van der Waals surface area contributed by atoms with Gasteiger partial charge in [0, 0.05) is 23.9 Å². The van der Waals surface area contributed by atoms with Crippen LogP contribution >= 0.6 is 24.0 Å². The van der Waals surface area contributed by atoms with Crippen molar-refractivity contribution in [2.45, 2.75) is 57.6 Å². The van der Waals surface area contributed by atoms with E-state index in [1.807, 2.05) is 62.7 Å². The maximum Gasteiger partial charge on any atom is 0.255 e. The summed E-state index contributed by atoms with van der Waals surface area (Å²) in [6.45, 7) is 14.6. The third kappa shape index (κ3) is 5.49. The molecule has 1 aromatic heterocycles. The average Bonchev–Trinajstić information content (AvgIpc) is 3.64. The smallest absolute Gasteiger partial charge is 0.255 e. The fourth-order valence-corrected chi connectivity index (χ4v) is 6.74. The van der Waals surface area contributed by atoms with E-state index in [1.165, 1.54) is 0 Å². The Balaban J connectivity index is 1.37. The molecule has 3 aromatic rings. The predicted molar refractivity (Wildman–Crippen MR) is 161 cm³/mol. The Kier molecular flexibility index (Phi) is 8.24. The molecular weight excluding hydrogens is 541 g/mol. The van der Waals surface area contributed by atoms with Gasteiger partial charge in [0.1, 0.15) is 6.04 Å². The van der Waals surface area contributed by atoms with Crippen molar-refractivity contribution < 1.29 is 9.59 Å². The standard InChI is InChI=1S/C30H32N6O2S2/c1-18(2)26(36-15-22-7-5-6-8-24(22)29(36)37)30(38)35-16-23(39)13-25(35)28(34-31-4)32-14-20-9-11-21(12-10-20)27-19(3)33-17-40-27/h5-12,17-18,23,25-26,39H,13-16H2,1-3H3,(H,32,34)/t23-,25+,26+/m1/s1. The molecule has 0 radical (unpaired) electrons. The molecule has 2 amide bonds. The number of nitrogens with zero attached hydrogens (tertiary/aromatic N) is 5. The van der Waals surface area contributed by atoms with Crippen LogP contribution in [0.3, 0.4) is 0 Å². The minimum atomic E-state index is -0.627. The van der Waals surface area contributed by atoms with Gasteiger partial charge in [-0.1, -0.05) is 61.7 Å². The third-order valence-corrected chi connectivity index (χ3v) is 8.86. The van der Waals surface area contributed by atoms with E-state index in [1.54, 1.807) is 21.1 Å². The molecule has 0 unspecified atom stereocenters. The van der Waals surface area contributed by atoms with Crippen molar-refractivity contribution in [1.82, 2.24) is 20.2 Å². The van der Waals surface area contributed by atoms with Crippen molar-refractivity contribution in [3.8, 4) is 10.4 Å². The molecule has 10 heteroatoms. The van der Waals surface area contributed by atoms with Crippen LogP contribution in [0.5, 0.6) is 0 Å². The van der Waals surface area contributed by atoms with Crippen LogP contribution in [0.15, 0.2) is 59.0 Å². The molecule has 206 valence electrons. The van der Waals surface area contributed by atoms with Crippen LogP contribution in [0, 0.1) is 19.4 Å². The first kappa shape index (κ1) is 27.9.